The molecular formula is C15H14OS. The van der Waals surface area contributed by atoms with Gasteiger partial charge in [-0.2, -0.15) is 0 Å². The van der Waals surface area contributed by atoms with Crippen molar-refractivity contribution in [1.29, 1.82) is 0 Å². The highest BCUT2D eigenvalue weighted by Crippen LogP contribution is 2.36. The van der Waals surface area contributed by atoms with Gasteiger partial charge in [0.15, 0.2) is 5.44 Å². The minimum Gasteiger partial charge on any atom is -0.479 e. The SMILES string of the molecule is Cc1ccc2c(c1)CC(Sc1ccccc1)O2. The van der Waals surface area contributed by atoms with Crippen LogP contribution in [0.2, 0.25) is 0 Å². The van der Waals surface area contributed by atoms with E-state index in [4.69, 9.17) is 4.74 Å². The molecule has 1 nitrogen and oxygen atoms in total. The molecule has 1 atom stereocenters. The Morgan fingerprint density at radius 2 is 1.94 bits per heavy atom. The quantitative estimate of drug-likeness (QED) is 0.785. The zero-order chi connectivity index (χ0) is 11.7. The number of aryl methyl sites for hydroxylation is 1. The van der Waals surface area contributed by atoms with E-state index in [-0.39, 0.29) is 5.44 Å². The van der Waals surface area contributed by atoms with Crippen LogP contribution >= 0.6 is 11.8 Å². The molecule has 0 aromatic heterocycles. The Bertz CT molecular complexity index is 522. The van der Waals surface area contributed by atoms with Gasteiger partial charge in [0.25, 0.3) is 0 Å². The molecule has 2 aromatic rings. The highest BCUT2D eigenvalue weighted by atomic mass is 32.2. The number of rotatable bonds is 2. The van der Waals surface area contributed by atoms with E-state index >= 15 is 0 Å². The third-order valence-corrected chi connectivity index (χ3v) is 3.94. The van der Waals surface area contributed by atoms with E-state index in [9.17, 15) is 0 Å². The summed E-state index contributed by atoms with van der Waals surface area (Å²) in [6.07, 6.45) is 0.997. The van der Waals surface area contributed by atoms with E-state index in [2.05, 4.69) is 49.4 Å². The van der Waals surface area contributed by atoms with Crippen LogP contribution in [-0.4, -0.2) is 5.44 Å². The van der Waals surface area contributed by atoms with Gasteiger partial charge in [0, 0.05) is 11.3 Å². The van der Waals surface area contributed by atoms with Gasteiger partial charge in [0.05, 0.1) is 0 Å². The van der Waals surface area contributed by atoms with Crippen molar-refractivity contribution in [2.75, 3.05) is 0 Å². The molecule has 1 heterocycles. The fraction of sp³-hybridized carbons (Fsp3) is 0.200. The third kappa shape index (κ3) is 2.32. The average Bonchev–Trinajstić information content (AvgIpc) is 2.71. The lowest BCUT2D eigenvalue weighted by Crippen LogP contribution is -2.06. The summed E-state index contributed by atoms with van der Waals surface area (Å²) in [4.78, 5) is 1.27. The van der Waals surface area contributed by atoms with Crippen molar-refractivity contribution in [3.63, 3.8) is 0 Å². The standard InChI is InChI=1S/C15H14OS/c1-11-7-8-14-12(9-11)10-15(16-14)17-13-5-3-2-4-6-13/h2-9,15H,10H2,1H3. The van der Waals surface area contributed by atoms with Crippen LogP contribution in [0.1, 0.15) is 11.1 Å². The molecule has 1 unspecified atom stereocenters. The molecule has 3 rings (SSSR count). The first-order valence-electron chi connectivity index (χ1n) is 5.79. The van der Waals surface area contributed by atoms with Crippen molar-refractivity contribution in [2.45, 2.75) is 23.7 Å². The summed E-state index contributed by atoms with van der Waals surface area (Å²) in [5.74, 6) is 1.05. The summed E-state index contributed by atoms with van der Waals surface area (Å²) >= 11 is 1.79. The molecule has 0 aliphatic carbocycles. The number of thioether (sulfide) groups is 1. The Morgan fingerprint density at radius 1 is 1.12 bits per heavy atom. The molecule has 17 heavy (non-hydrogen) atoms. The summed E-state index contributed by atoms with van der Waals surface area (Å²) in [6, 6.07) is 16.8. The fourth-order valence-electron chi connectivity index (χ4n) is 2.06. The number of ether oxygens (including phenoxy) is 1. The van der Waals surface area contributed by atoms with E-state index in [0.717, 1.165) is 12.2 Å². The molecule has 2 aromatic carbocycles. The largest absolute Gasteiger partial charge is 0.479 e. The van der Waals surface area contributed by atoms with Gasteiger partial charge >= 0.3 is 0 Å². The predicted molar refractivity (Wildman–Crippen MR) is 71.6 cm³/mol. The van der Waals surface area contributed by atoms with Gasteiger partial charge < -0.3 is 4.74 Å². The van der Waals surface area contributed by atoms with Crippen molar-refractivity contribution in [3.8, 4) is 5.75 Å². The lowest BCUT2D eigenvalue weighted by atomic mass is 10.1. The van der Waals surface area contributed by atoms with E-state index < -0.39 is 0 Å². The maximum atomic E-state index is 5.93. The van der Waals surface area contributed by atoms with Gasteiger partial charge in [-0.1, -0.05) is 47.7 Å². The van der Waals surface area contributed by atoms with E-state index in [1.807, 2.05) is 6.07 Å². The van der Waals surface area contributed by atoms with E-state index in [0.29, 0.717) is 0 Å². The van der Waals surface area contributed by atoms with Crippen molar-refractivity contribution in [3.05, 3.63) is 59.7 Å². The van der Waals surface area contributed by atoms with Gasteiger partial charge in [-0.15, -0.1) is 0 Å². The number of fused-ring (bicyclic) bond motifs is 1. The molecule has 0 bridgehead atoms. The van der Waals surface area contributed by atoms with E-state index in [1.165, 1.54) is 16.0 Å². The monoisotopic (exact) mass is 242 g/mol. The molecule has 0 spiro atoms. The van der Waals surface area contributed by atoms with Gasteiger partial charge in [0.2, 0.25) is 0 Å². The first-order valence-corrected chi connectivity index (χ1v) is 6.67. The molecular weight excluding hydrogens is 228 g/mol. The van der Waals surface area contributed by atoms with Crippen LogP contribution in [0.25, 0.3) is 0 Å². The van der Waals surface area contributed by atoms with Crippen LogP contribution in [0.5, 0.6) is 5.75 Å². The first kappa shape index (κ1) is 10.7. The Balaban J connectivity index is 1.74. The van der Waals surface area contributed by atoms with Gasteiger partial charge in [-0.3, -0.25) is 0 Å². The molecule has 1 aliphatic rings. The van der Waals surface area contributed by atoms with Crippen LogP contribution in [0.4, 0.5) is 0 Å². The van der Waals surface area contributed by atoms with Crippen LogP contribution in [0.15, 0.2) is 53.4 Å². The molecule has 0 fully saturated rings. The van der Waals surface area contributed by atoms with Gasteiger partial charge in [0.1, 0.15) is 5.75 Å². The van der Waals surface area contributed by atoms with Gasteiger partial charge in [-0.05, 0) is 30.7 Å². The maximum Gasteiger partial charge on any atom is 0.153 e. The first-order chi connectivity index (χ1) is 8.31. The Morgan fingerprint density at radius 3 is 2.76 bits per heavy atom. The van der Waals surface area contributed by atoms with Crippen molar-refractivity contribution in [1.82, 2.24) is 0 Å². The number of hydrogen-bond donors (Lipinski definition) is 0. The molecule has 0 N–H and O–H groups in total. The predicted octanol–water partition coefficient (Wildman–Crippen LogP) is 4.05. The molecule has 0 saturated carbocycles. The minimum atomic E-state index is 0.217. The summed E-state index contributed by atoms with van der Waals surface area (Å²) in [6.45, 7) is 2.12. The lowest BCUT2D eigenvalue weighted by Gasteiger charge is -2.09. The molecule has 0 radical (unpaired) electrons. The van der Waals surface area contributed by atoms with Crippen LogP contribution in [0, 0.1) is 6.92 Å². The second kappa shape index (κ2) is 4.46. The van der Waals surface area contributed by atoms with Gasteiger partial charge in [-0.25, -0.2) is 0 Å². The smallest absolute Gasteiger partial charge is 0.153 e. The van der Waals surface area contributed by atoms with Crippen molar-refractivity contribution in [2.24, 2.45) is 0 Å². The normalized spacial score (nSPS) is 17.6. The highest BCUT2D eigenvalue weighted by molar-refractivity contribution is 7.99. The molecule has 86 valence electrons. The summed E-state index contributed by atoms with van der Waals surface area (Å²) in [5.41, 5.74) is 2.85. The van der Waals surface area contributed by atoms with Crippen molar-refractivity contribution < 1.29 is 4.74 Å². The fourth-order valence-corrected chi connectivity index (χ4v) is 3.09. The van der Waals surface area contributed by atoms with E-state index in [1.54, 1.807) is 11.8 Å². The Kier molecular flexibility index (Phi) is 2.81. The maximum absolute atomic E-state index is 5.93. The van der Waals surface area contributed by atoms with Crippen molar-refractivity contribution >= 4 is 11.8 Å². The summed E-state index contributed by atoms with van der Waals surface area (Å²) < 4.78 is 5.93. The molecule has 0 amide bonds. The highest BCUT2D eigenvalue weighted by Gasteiger charge is 2.23. The molecule has 0 saturated heterocycles. The number of hydrogen-bond acceptors (Lipinski definition) is 2. The second-order valence-corrected chi connectivity index (χ2v) is 5.53. The second-order valence-electron chi connectivity index (χ2n) is 4.29. The van der Waals surface area contributed by atoms with Crippen LogP contribution in [0.3, 0.4) is 0 Å². The molecule has 2 heteroatoms. The van der Waals surface area contributed by atoms with Crippen LogP contribution in [-0.2, 0) is 6.42 Å². The Hall–Kier alpha value is -1.41. The zero-order valence-corrected chi connectivity index (χ0v) is 10.5. The summed E-state index contributed by atoms with van der Waals surface area (Å²) in [7, 11) is 0. The number of benzene rings is 2. The van der Waals surface area contributed by atoms with Crippen LogP contribution < -0.4 is 4.74 Å². The Labute approximate surface area is 106 Å². The summed E-state index contributed by atoms with van der Waals surface area (Å²) in [5, 5.41) is 0. The topological polar surface area (TPSA) is 9.23 Å². The minimum absolute atomic E-state index is 0.217. The molecule has 1 aliphatic heterocycles. The average molecular weight is 242 g/mol. The zero-order valence-electron chi connectivity index (χ0n) is 9.72. The lowest BCUT2D eigenvalue weighted by molar-refractivity contribution is 0.323. The third-order valence-electron chi connectivity index (χ3n) is 2.87.